The standard InChI is InChI=1S/C7H5ClFN3/c1-12-7-5(8)2-4(9)3-6(7)10-11-12/h2-3H,1H3. The maximum Gasteiger partial charge on any atom is 0.127 e. The summed E-state index contributed by atoms with van der Waals surface area (Å²) in [6.07, 6.45) is 0. The molecule has 62 valence electrons. The Hall–Kier alpha value is -1.16. The molecule has 2 rings (SSSR count). The van der Waals surface area contributed by atoms with Gasteiger partial charge in [0.25, 0.3) is 0 Å². The number of aromatic nitrogens is 3. The third-order valence-corrected chi connectivity index (χ3v) is 1.91. The molecule has 0 spiro atoms. The minimum atomic E-state index is -0.395. The zero-order chi connectivity index (χ0) is 8.72. The monoisotopic (exact) mass is 185 g/mol. The SMILES string of the molecule is Cn1nnc2cc(F)cc(Cl)c21. The van der Waals surface area contributed by atoms with Crippen molar-refractivity contribution in [3.05, 3.63) is 23.0 Å². The average molecular weight is 186 g/mol. The molecule has 0 amide bonds. The van der Waals surface area contributed by atoms with Crippen molar-refractivity contribution in [1.29, 1.82) is 0 Å². The van der Waals surface area contributed by atoms with Gasteiger partial charge in [0.2, 0.25) is 0 Å². The van der Waals surface area contributed by atoms with E-state index < -0.39 is 5.82 Å². The normalized spacial score (nSPS) is 10.9. The molecule has 5 heteroatoms. The molecule has 0 unspecified atom stereocenters. The average Bonchev–Trinajstić information content (AvgIpc) is 2.31. The van der Waals surface area contributed by atoms with Crippen molar-refractivity contribution in [3.8, 4) is 0 Å². The van der Waals surface area contributed by atoms with Crippen LogP contribution < -0.4 is 0 Å². The van der Waals surface area contributed by atoms with Gasteiger partial charge >= 0.3 is 0 Å². The van der Waals surface area contributed by atoms with Gasteiger partial charge in [0, 0.05) is 13.1 Å². The Morgan fingerprint density at radius 1 is 1.50 bits per heavy atom. The van der Waals surface area contributed by atoms with E-state index in [9.17, 15) is 4.39 Å². The topological polar surface area (TPSA) is 30.7 Å². The van der Waals surface area contributed by atoms with E-state index in [0.717, 1.165) is 0 Å². The van der Waals surface area contributed by atoms with Gasteiger partial charge in [-0.3, -0.25) is 0 Å². The van der Waals surface area contributed by atoms with Gasteiger partial charge in [-0.15, -0.1) is 5.10 Å². The Morgan fingerprint density at radius 2 is 2.25 bits per heavy atom. The molecule has 0 aliphatic carbocycles. The molecule has 1 aromatic heterocycles. The molecule has 0 saturated carbocycles. The van der Waals surface area contributed by atoms with Gasteiger partial charge in [-0.2, -0.15) is 0 Å². The first-order chi connectivity index (χ1) is 5.68. The highest BCUT2D eigenvalue weighted by Gasteiger charge is 2.07. The molecule has 0 fully saturated rings. The van der Waals surface area contributed by atoms with Gasteiger partial charge in [0.05, 0.1) is 5.02 Å². The van der Waals surface area contributed by atoms with Gasteiger partial charge in [0.1, 0.15) is 16.9 Å². The van der Waals surface area contributed by atoms with Crippen LogP contribution in [0.4, 0.5) is 4.39 Å². The quantitative estimate of drug-likeness (QED) is 0.626. The minimum Gasteiger partial charge on any atom is -0.246 e. The van der Waals surface area contributed by atoms with Crippen LogP contribution in [0.5, 0.6) is 0 Å². The fourth-order valence-corrected chi connectivity index (χ4v) is 1.43. The van der Waals surface area contributed by atoms with Crippen LogP contribution >= 0.6 is 11.6 Å². The molecule has 0 atom stereocenters. The van der Waals surface area contributed by atoms with Crippen molar-refractivity contribution < 1.29 is 4.39 Å². The van der Waals surface area contributed by atoms with Gasteiger partial charge in [-0.25, -0.2) is 9.07 Å². The highest BCUT2D eigenvalue weighted by Crippen LogP contribution is 2.22. The van der Waals surface area contributed by atoms with E-state index in [1.54, 1.807) is 7.05 Å². The highest BCUT2D eigenvalue weighted by molar-refractivity contribution is 6.34. The highest BCUT2D eigenvalue weighted by atomic mass is 35.5. The van der Waals surface area contributed by atoms with E-state index in [2.05, 4.69) is 10.3 Å². The van der Waals surface area contributed by atoms with Crippen LogP contribution in [-0.4, -0.2) is 15.0 Å². The number of nitrogens with zero attached hydrogens (tertiary/aromatic N) is 3. The number of aryl methyl sites for hydroxylation is 1. The van der Waals surface area contributed by atoms with Gasteiger partial charge < -0.3 is 0 Å². The maximum atomic E-state index is 12.7. The van der Waals surface area contributed by atoms with Crippen LogP contribution in [0.1, 0.15) is 0 Å². The zero-order valence-corrected chi connectivity index (χ0v) is 7.01. The second kappa shape index (κ2) is 2.42. The van der Waals surface area contributed by atoms with Gasteiger partial charge in [0.15, 0.2) is 0 Å². The summed E-state index contributed by atoms with van der Waals surface area (Å²) in [5.74, 6) is -0.395. The molecule has 0 bridgehead atoms. The fourth-order valence-electron chi connectivity index (χ4n) is 1.11. The van der Waals surface area contributed by atoms with Crippen molar-refractivity contribution >= 4 is 22.6 Å². The van der Waals surface area contributed by atoms with Crippen LogP contribution in [0.15, 0.2) is 12.1 Å². The predicted molar refractivity (Wildman–Crippen MR) is 43.5 cm³/mol. The summed E-state index contributed by atoms with van der Waals surface area (Å²) >= 11 is 5.77. The number of hydrogen-bond acceptors (Lipinski definition) is 2. The van der Waals surface area contributed by atoms with E-state index >= 15 is 0 Å². The molecule has 0 radical (unpaired) electrons. The molecule has 0 N–H and O–H groups in total. The van der Waals surface area contributed by atoms with Crippen LogP contribution in [0.3, 0.4) is 0 Å². The molecule has 1 aromatic carbocycles. The Labute approximate surface area is 72.7 Å². The Bertz CT molecular complexity index is 437. The predicted octanol–water partition coefficient (Wildman–Crippen LogP) is 1.76. The van der Waals surface area contributed by atoms with Crippen LogP contribution in [0, 0.1) is 5.82 Å². The Morgan fingerprint density at radius 3 is 3.00 bits per heavy atom. The van der Waals surface area contributed by atoms with Crippen molar-refractivity contribution in [1.82, 2.24) is 15.0 Å². The molecule has 0 aliphatic heterocycles. The molecule has 2 aromatic rings. The first kappa shape index (κ1) is 7.49. The molecule has 3 nitrogen and oxygen atoms in total. The van der Waals surface area contributed by atoms with E-state index in [1.165, 1.54) is 16.8 Å². The third kappa shape index (κ3) is 0.956. The Kier molecular flexibility index (Phi) is 1.51. The summed E-state index contributed by atoms with van der Waals surface area (Å²) in [5, 5.41) is 7.77. The lowest BCUT2D eigenvalue weighted by Gasteiger charge is -1.94. The lowest BCUT2D eigenvalue weighted by molar-refractivity contribution is 0.629. The van der Waals surface area contributed by atoms with Crippen LogP contribution in [-0.2, 0) is 7.05 Å². The summed E-state index contributed by atoms with van der Waals surface area (Å²) in [6, 6.07) is 2.54. The molecule has 0 aliphatic rings. The smallest absolute Gasteiger partial charge is 0.127 e. The van der Waals surface area contributed by atoms with E-state index in [0.29, 0.717) is 16.1 Å². The largest absolute Gasteiger partial charge is 0.246 e. The van der Waals surface area contributed by atoms with Crippen molar-refractivity contribution in [2.45, 2.75) is 0 Å². The van der Waals surface area contributed by atoms with E-state index in [-0.39, 0.29) is 0 Å². The van der Waals surface area contributed by atoms with E-state index in [1.807, 2.05) is 0 Å². The van der Waals surface area contributed by atoms with Gasteiger partial charge in [-0.1, -0.05) is 16.8 Å². The molecular formula is C7H5ClFN3. The summed E-state index contributed by atoms with van der Waals surface area (Å²) in [4.78, 5) is 0. The fraction of sp³-hybridized carbons (Fsp3) is 0.143. The summed E-state index contributed by atoms with van der Waals surface area (Å²) < 4.78 is 14.3. The second-order valence-electron chi connectivity index (χ2n) is 2.47. The van der Waals surface area contributed by atoms with Crippen molar-refractivity contribution in [2.75, 3.05) is 0 Å². The number of hydrogen-bond donors (Lipinski definition) is 0. The number of fused-ring (bicyclic) bond motifs is 1. The van der Waals surface area contributed by atoms with Crippen LogP contribution in [0.25, 0.3) is 11.0 Å². The minimum absolute atomic E-state index is 0.331. The summed E-state index contributed by atoms with van der Waals surface area (Å²) in [6.45, 7) is 0. The van der Waals surface area contributed by atoms with Crippen molar-refractivity contribution in [2.24, 2.45) is 7.05 Å². The number of rotatable bonds is 0. The Balaban J connectivity index is 2.93. The molecule has 1 heterocycles. The lowest BCUT2D eigenvalue weighted by atomic mass is 10.3. The molecular weight excluding hydrogens is 181 g/mol. The molecule has 12 heavy (non-hydrogen) atoms. The van der Waals surface area contributed by atoms with Crippen molar-refractivity contribution in [3.63, 3.8) is 0 Å². The first-order valence-electron chi connectivity index (χ1n) is 3.33. The molecule has 0 saturated heterocycles. The second-order valence-corrected chi connectivity index (χ2v) is 2.88. The maximum absolute atomic E-state index is 12.7. The van der Waals surface area contributed by atoms with E-state index in [4.69, 9.17) is 11.6 Å². The van der Waals surface area contributed by atoms with Gasteiger partial charge in [-0.05, 0) is 6.07 Å². The number of benzene rings is 1. The third-order valence-electron chi connectivity index (χ3n) is 1.62. The lowest BCUT2D eigenvalue weighted by Crippen LogP contribution is -1.90. The first-order valence-corrected chi connectivity index (χ1v) is 3.71. The summed E-state index contributed by atoms with van der Waals surface area (Å²) in [5.41, 5.74) is 1.13. The van der Waals surface area contributed by atoms with Crippen LogP contribution in [0.2, 0.25) is 5.02 Å². The zero-order valence-electron chi connectivity index (χ0n) is 6.25. The number of halogens is 2. The summed E-state index contributed by atoms with van der Waals surface area (Å²) in [7, 11) is 1.71.